The topological polar surface area (TPSA) is 3.24 Å². The van der Waals surface area contributed by atoms with E-state index in [9.17, 15) is 0 Å². The molecule has 0 amide bonds. The van der Waals surface area contributed by atoms with Gasteiger partial charge >= 0.3 is 0 Å². The van der Waals surface area contributed by atoms with E-state index < -0.39 is 0 Å². The lowest BCUT2D eigenvalue weighted by atomic mass is 9.93. The van der Waals surface area contributed by atoms with Gasteiger partial charge in [0.2, 0.25) is 0 Å². The highest BCUT2D eigenvalue weighted by Gasteiger charge is 2.22. The molecule has 1 heterocycles. The Morgan fingerprint density at radius 2 is 2.00 bits per heavy atom. The third kappa shape index (κ3) is 2.30. The summed E-state index contributed by atoms with van der Waals surface area (Å²) in [6.07, 6.45) is 4.08. The van der Waals surface area contributed by atoms with Crippen molar-refractivity contribution in [2.24, 2.45) is 0 Å². The average molecular weight is 217 g/mol. The molecule has 0 aliphatic carbocycles. The third-order valence-corrected chi connectivity index (χ3v) is 3.94. The van der Waals surface area contributed by atoms with Crippen LogP contribution < -0.4 is 0 Å². The maximum absolute atomic E-state index is 2.62. The number of likely N-dealkylation sites (tertiary alicyclic amines) is 1. The van der Waals surface area contributed by atoms with E-state index in [1.54, 1.807) is 0 Å². The van der Waals surface area contributed by atoms with Crippen LogP contribution in [0.15, 0.2) is 18.2 Å². The molecule has 0 spiro atoms. The summed E-state index contributed by atoms with van der Waals surface area (Å²) in [5, 5.41) is 0. The molecule has 0 bridgehead atoms. The molecule has 1 aliphatic rings. The van der Waals surface area contributed by atoms with Gasteiger partial charge in [0.1, 0.15) is 0 Å². The van der Waals surface area contributed by atoms with Crippen LogP contribution in [0.5, 0.6) is 0 Å². The number of piperidine rings is 1. The minimum absolute atomic E-state index is 0.665. The molecule has 1 fully saturated rings. The molecule has 1 atom stereocenters. The summed E-state index contributed by atoms with van der Waals surface area (Å²) < 4.78 is 0. The van der Waals surface area contributed by atoms with Crippen molar-refractivity contribution in [2.45, 2.75) is 46.1 Å². The smallest absolute Gasteiger partial charge is 0.0348 e. The van der Waals surface area contributed by atoms with Gasteiger partial charge in [0.15, 0.2) is 0 Å². The number of nitrogens with zero attached hydrogens (tertiary/aromatic N) is 1. The van der Waals surface area contributed by atoms with E-state index in [1.807, 2.05) is 0 Å². The normalized spacial score (nSPS) is 22.3. The zero-order chi connectivity index (χ0) is 11.5. The maximum Gasteiger partial charge on any atom is 0.0348 e. The molecular weight excluding hydrogens is 194 g/mol. The average Bonchev–Trinajstić information content (AvgIpc) is 2.32. The summed E-state index contributed by atoms with van der Waals surface area (Å²) in [4.78, 5) is 2.62. The predicted molar refractivity (Wildman–Crippen MR) is 69.8 cm³/mol. The molecule has 2 rings (SSSR count). The van der Waals surface area contributed by atoms with E-state index in [4.69, 9.17) is 0 Å². The predicted octanol–water partition coefficient (Wildman–Crippen LogP) is 3.85. The van der Waals surface area contributed by atoms with Gasteiger partial charge in [0, 0.05) is 6.04 Å². The fourth-order valence-electron chi connectivity index (χ4n) is 2.72. The van der Waals surface area contributed by atoms with E-state index >= 15 is 0 Å². The van der Waals surface area contributed by atoms with Gasteiger partial charge in [-0.2, -0.15) is 0 Å². The molecule has 1 nitrogen and oxygen atoms in total. The molecule has 88 valence electrons. The van der Waals surface area contributed by atoms with E-state index in [1.165, 1.54) is 49.0 Å². The highest BCUT2D eigenvalue weighted by Crippen LogP contribution is 2.31. The van der Waals surface area contributed by atoms with Gasteiger partial charge in [-0.15, -0.1) is 0 Å². The van der Waals surface area contributed by atoms with Crippen LogP contribution in [-0.2, 0) is 0 Å². The molecule has 1 aliphatic heterocycles. The zero-order valence-corrected chi connectivity index (χ0v) is 10.8. The Balaban J connectivity index is 2.23. The van der Waals surface area contributed by atoms with Crippen molar-refractivity contribution in [3.63, 3.8) is 0 Å². The molecule has 0 N–H and O–H groups in total. The molecule has 0 aromatic heterocycles. The highest BCUT2D eigenvalue weighted by atomic mass is 15.2. The van der Waals surface area contributed by atoms with Gasteiger partial charge in [-0.3, -0.25) is 4.90 Å². The van der Waals surface area contributed by atoms with Crippen LogP contribution in [0.25, 0.3) is 0 Å². The van der Waals surface area contributed by atoms with Crippen molar-refractivity contribution >= 4 is 0 Å². The summed E-state index contributed by atoms with van der Waals surface area (Å²) in [7, 11) is 0. The zero-order valence-electron chi connectivity index (χ0n) is 10.8. The quantitative estimate of drug-likeness (QED) is 0.727. The largest absolute Gasteiger partial charge is 0.297 e. The summed E-state index contributed by atoms with van der Waals surface area (Å²) in [5.41, 5.74) is 4.35. The molecule has 0 saturated carbocycles. The number of aryl methyl sites for hydroxylation is 2. The molecule has 1 aromatic rings. The Kier molecular flexibility index (Phi) is 3.65. The maximum atomic E-state index is 2.62. The molecule has 1 saturated heterocycles. The summed E-state index contributed by atoms with van der Waals surface area (Å²) in [6.45, 7) is 9.14. The molecule has 16 heavy (non-hydrogen) atoms. The standard InChI is InChI=1S/C15H23N/c1-4-16-10-6-5-7-15(16)14-9-8-12(2)13(3)11-14/h8-9,11,15H,4-7,10H2,1-3H3. The molecular formula is C15H23N. The Morgan fingerprint density at radius 1 is 1.19 bits per heavy atom. The Morgan fingerprint density at radius 3 is 2.69 bits per heavy atom. The fourth-order valence-corrected chi connectivity index (χ4v) is 2.72. The van der Waals surface area contributed by atoms with Gasteiger partial charge in [-0.05, 0) is 56.5 Å². The van der Waals surface area contributed by atoms with Crippen LogP contribution in [-0.4, -0.2) is 18.0 Å². The highest BCUT2D eigenvalue weighted by molar-refractivity contribution is 5.31. The van der Waals surface area contributed by atoms with Gasteiger partial charge in [-0.25, -0.2) is 0 Å². The summed E-state index contributed by atoms with van der Waals surface area (Å²) in [6, 6.07) is 7.64. The molecule has 1 aromatic carbocycles. The van der Waals surface area contributed by atoms with Crippen LogP contribution in [0, 0.1) is 13.8 Å². The van der Waals surface area contributed by atoms with Crippen molar-refractivity contribution in [1.82, 2.24) is 4.90 Å². The second kappa shape index (κ2) is 5.01. The lowest BCUT2D eigenvalue weighted by molar-refractivity contribution is 0.157. The summed E-state index contributed by atoms with van der Waals surface area (Å²) in [5.74, 6) is 0. The van der Waals surface area contributed by atoms with Gasteiger partial charge in [-0.1, -0.05) is 31.5 Å². The van der Waals surface area contributed by atoms with Crippen molar-refractivity contribution in [3.05, 3.63) is 34.9 Å². The second-order valence-electron chi connectivity index (χ2n) is 4.98. The van der Waals surface area contributed by atoms with E-state index in [2.05, 4.69) is 43.9 Å². The Hall–Kier alpha value is -0.820. The van der Waals surface area contributed by atoms with Crippen molar-refractivity contribution in [1.29, 1.82) is 0 Å². The molecule has 1 unspecified atom stereocenters. The lowest BCUT2D eigenvalue weighted by Gasteiger charge is -2.35. The first-order chi connectivity index (χ1) is 7.72. The third-order valence-electron chi connectivity index (χ3n) is 3.94. The Bertz CT molecular complexity index is 356. The van der Waals surface area contributed by atoms with Crippen molar-refractivity contribution in [2.75, 3.05) is 13.1 Å². The van der Waals surface area contributed by atoms with Gasteiger partial charge in [0.05, 0.1) is 0 Å². The molecule has 0 radical (unpaired) electrons. The van der Waals surface area contributed by atoms with Crippen LogP contribution in [0.4, 0.5) is 0 Å². The number of hydrogen-bond donors (Lipinski definition) is 0. The second-order valence-corrected chi connectivity index (χ2v) is 4.98. The number of rotatable bonds is 2. The van der Waals surface area contributed by atoms with Crippen LogP contribution >= 0.6 is 0 Å². The van der Waals surface area contributed by atoms with E-state index in [0.29, 0.717) is 6.04 Å². The van der Waals surface area contributed by atoms with Crippen molar-refractivity contribution in [3.8, 4) is 0 Å². The first-order valence-electron chi connectivity index (χ1n) is 6.53. The van der Waals surface area contributed by atoms with Crippen LogP contribution in [0.2, 0.25) is 0 Å². The lowest BCUT2D eigenvalue weighted by Crippen LogP contribution is -2.33. The monoisotopic (exact) mass is 217 g/mol. The van der Waals surface area contributed by atoms with E-state index in [0.717, 1.165) is 0 Å². The summed E-state index contributed by atoms with van der Waals surface area (Å²) >= 11 is 0. The van der Waals surface area contributed by atoms with Crippen LogP contribution in [0.1, 0.15) is 48.9 Å². The minimum Gasteiger partial charge on any atom is -0.297 e. The number of benzene rings is 1. The Labute approximate surface area is 99.5 Å². The fraction of sp³-hybridized carbons (Fsp3) is 0.600. The first kappa shape index (κ1) is 11.7. The minimum atomic E-state index is 0.665. The SMILES string of the molecule is CCN1CCCCC1c1ccc(C)c(C)c1. The van der Waals surface area contributed by atoms with Crippen LogP contribution in [0.3, 0.4) is 0 Å². The number of hydrogen-bond acceptors (Lipinski definition) is 1. The van der Waals surface area contributed by atoms with Gasteiger partial charge in [0.25, 0.3) is 0 Å². The first-order valence-corrected chi connectivity index (χ1v) is 6.53. The molecule has 1 heteroatoms. The van der Waals surface area contributed by atoms with Gasteiger partial charge < -0.3 is 0 Å². The van der Waals surface area contributed by atoms with Crippen molar-refractivity contribution < 1.29 is 0 Å². The van der Waals surface area contributed by atoms with E-state index in [-0.39, 0.29) is 0 Å².